The van der Waals surface area contributed by atoms with E-state index in [4.69, 9.17) is 32.8 Å². The van der Waals surface area contributed by atoms with Crippen molar-refractivity contribution in [1.82, 2.24) is 10.2 Å². The van der Waals surface area contributed by atoms with E-state index in [9.17, 15) is 19.2 Å². The van der Waals surface area contributed by atoms with Gasteiger partial charge in [0.05, 0.1) is 28.4 Å². The molecule has 212 valence electrons. The van der Waals surface area contributed by atoms with Gasteiger partial charge >= 0.3 is 5.97 Å². The number of carbonyl (C=O) groups excluding carboxylic acids is 4. The van der Waals surface area contributed by atoms with E-state index in [0.717, 1.165) is 5.54 Å². The number of nitrogens with zero attached hydrogens (tertiary/aromatic N) is 2. The molecule has 1 N–H and O–H groups in total. The first kappa shape index (κ1) is 33.4. The van der Waals surface area contributed by atoms with Crippen LogP contribution in [0.15, 0.2) is 40.0 Å². The van der Waals surface area contributed by atoms with Crippen LogP contribution in [0.1, 0.15) is 67.2 Å². The first-order valence-corrected chi connectivity index (χ1v) is 13.6. The van der Waals surface area contributed by atoms with E-state index in [-0.39, 0.29) is 47.9 Å². The fourth-order valence-electron chi connectivity index (χ4n) is 4.09. The van der Waals surface area contributed by atoms with E-state index in [1.165, 1.54) is 17.1 Å². The Balaban J connectivity index is 2.99. The fraction of sp³-hybridized carbons (Fsp3) is 0.593. The Morgan fingerprint density at radius 2 is 1.92 bits per heavy atom. The molecule has 0 radical (unpaired) electrons. The van der Waals surface area contributed by atoms with Crippen LogP contribution >= 0.6 is 23.2 Å². The molecule has 1 aliphatic rings. The lowest BCUT2D eigenvalue weighted by Gasteiger charge is -2.34. The average molecular weight is 573 g/mol. The second kappa shape index (κ2) is 15.7. The average Bonchev–Trinajstić information content (AvgIpc) is 3.27. The van der Waals surface area contributed by atoms with E-state index in [1.807, 2.05) is 20.8 Å². The second-order valence-electron chi connectivity index (χ2n) is 9.45. The topological polar surface area (TPSA) is 114 Å². The van der Waals surface area contributed by atoms with E-state index in [1.54, 1.807) is 20.8 Å². The molecule has 0 saturated carbocycles. The first-order chi connectivity index (χ1) is 17.9. The van der Waals surface area contributed by atoms with Crippen LogP contribution in [0, 0.1) is 5.92 Å². The number of likely N-dealkylation sites (N-methyl/N-ethyl adjacent to an activating group) is 1. The standard InChI is InChI=1S/C27H39Cl2N3O6/c1-8-12-19(29)18(15-28)25(35)37-16-22(33)21(10-3)32(11-4)26(36)27(7)14-20(31-38-27)24(17(5)6)30-23(34)13-9-2/h8,12,15,17,21,24H,1,9-11,13-14,16H2,2-7H3,(H,30,34)/b18-15-,19-12+/t21-,24-,27?/m0/s1. The van der Waals surface area contributed by atoms with Gasteiger partial charge in [0.25, 0.3) is 5.91 Å². The Morgan fingerprint density at radius 3 is 2.42 bits per heavy atom. The van der Waals surface area contributed by atoms with Crippen molar-refractivity contribution in [2.45, 2.75) is 84.9 Å². The van der Waals surface area contributed by atoms with Crippen molar-refractivity contribution in [1.29, 1.82) is 0 Å². The summed E-state index contributed by atoms with van der Waals surface area (Å²) in [5, 5.41) is 7.16. The summed E-state index contributed by atoms with van der Waals surface area (Å²) in [6.07, 6.45) is 4.29. The van der Waals surface area contributed by atoms with Crippen LogP contribution < -0.4 is 5.32 Å². The van der Waals surface area contributed by atoms with Gasteiger partial charge in [-0.25, -0.2) is 4.79 Å². The summed E-state index contributed by atoms with van der Waals surface area (Å²) in [5.74, 6) is -1.84. The Kier molecular flexibility index (Phi) is 13.8. The lowest BCUT2D eigenvalue weighted by atomic mass is 9.89. The molecule has 1 rings (SSSR count). The van der Waals surface area contributed by atoms with Gasteiger partial charge in [-0.3, -0.25) is 14.4 Å². The number of oxime groups is 1. The van der Waals surface area contributed by atoms with Crippen molar-refractivity contribution < 1.29 is 28.8 Å². The van der Waals surface area contributed by atoms with Crippen LogP contribution in [0.2, 0.25) is 0 Å². The summed E-state index contributed by atoms with van der Waals surface area (Å²) in [6, 6.07) is -1.24. The molecule has 3 atom stereocenters. The molecule has 1 unspecified atom stereocenters. The van der Waals surface area contributed by atoms with Crippen LogP contribution in [-0.4, -0.2) is 65.0 Å². The Bertz CT molecular complexity index is 991. The fourth-order valence-corrected chi connectivity index (χ4v) is 4.57. The molecular formula is C27H39Cl2N3O6. The monoisotopic (exact) mass is 571 g/mol. The lowest BCUT2D eigenvalue weighted by molar-refractivity contribution is -0.159. The van der Waals surface area contributed by atoms with Crippen LogP contribution in [-0.2, 0) is 28.8 Å². The number of carbonyl (C=O) groups is 4. The quantitative estimate of drug-likeness (QED) is 0.174. The largest absolute Gasteiger partial charge is 0.454 e. The third-order valence-electron chi connectivity index (χ3n) is 6.09. The summed E-state index contributed by atoms with van der Waals surface area (Å²) in [7, 11) is 0. The molecule has 0 spiro atoms. The summed E-state index contributed by atoms with van der Waals surface area (Å²) in [6.45, 7) is 14.1. The van der Waals surface area contributed by atoms with Crippen molar-refractivity contribution in [2.24, 2.45) is 11.1 Å². The van der Waals surface area contributed by atoms with Crippen molar-refractivity contribution in [3.8, 4) is 0 Å². The first-order valence-electron chi connectivity index (χ1n) is 12.7. The zero-order chi connectivity index (χ0) is 29.0. The summed E-state index contributed by atoms with van der Waals surface area (Å²) in [4.78, 5) is 58.3. The molecule has 1 heterocycles. The van der Waals surface area contributed by atoms with Gasteiger partial charge in [-0.1, -0.05) is 68.7 Å². The van der Waals surface area contributed by atoms with Gasteiger partial charge in [-0.2, -0.15) is 0 Å². The molecule has 0 saturated heterocycles. The highest BCUT2D eigenvalue weighted by atomic mass is 35.5. The van der Waals surface area contributed by atoms with Crippen LogP contribution in [0.5, 0.6) is 0 Å². The van der Waals surface area contributed by atoms with Crippen molar-refractivity contribution in [2.75, 3.05) is 13.2 Å². The number of rotatable bonds is 15. The van der Waals surface area contributed by atoms with Gasteiger partial charge in [0, 0.05) is 24.9 Å². The number of amides is 2. The normalized spacial score (nSPS) is 19.2. The van der Waals surface area contributed by atoms with Crippen LogP contribution in [0.4, 0.5) is 0 Å². The SMILES string of the molecule is C=C/C=C(Cl)\C(=C\Cl)C(=O)OCC(=O)[C@H](CC)N(CC)C(=O)C1(C)CC([C@@H](NC(=O)CCC)C(C)C)=NO1. The maximum Gasteiger partial charge on any atom is 0.340 e. The van der Waals surface area contributed by atoms with Crippen molar-refractivity contribution >= 4 is 52.5 Å². The zero-order valence-corrected chi connectivity index (χ0v) is 24.5. The molecule has 0 aromatic heterocycles. The maximum atomic E-state index is 13.6. The second-order valence-corrected chi connectivity index (χ2v) is 10.1. The minimum absolute atomic E-state index is 0.0116. The minimum Gasteiger partial charge on any atom is -0.454 e. The number of ether oxygens (including phenoxy) is 1. The molecule has 0 aromatic rings. The Hall–Kier alpha value is -2.65. The molecule has 2 amide bonds. The molecular weight excluding hydrogens is 533 g/mol. The Morgan fingerprint density at radius 1 is 1.26 bits per heavy atom. The lowest BCUT2D eigenvalue weighted by Crippen LogP contribution is -2.55. The minimum atomic E-state index is -1.35. The van der Waals surface area contributed by atoms with Gasteiger partial charge in [-0.15, -0.1) is 0 Å². The van der Waals surface area contributed by atoms with Crippen LogP contribution in [0.3, 0.4) is 0 Å². The molecule has 1 aliphatic heterocycles. The smallest absolute Gasteiger partial charge is 0.340 e. The number of hydrogen-bond acceptors (Lipinski definition) is 7. The molecule has 0 aliphatic carbocycles. The molecule has 11 heteroatoms. The van der Waals surface area contributed by atoms with E-state index < -0.39 is 35.9 Å². The number of allylic oxidation sites excluding steroid dienone is 2. The molecule has 38 heavy (non-hydrogen) atoms. The van der Waals surface area contributed by atoms with Crippen LogP contribution in [0.25, 0.3) is 0 Å². The van der Waals surface area contributed by atoms with Crippen molar-refractivity contribution in [3.05, 3.63) is 34.9 Å². The maximum absolute atomic E-state index is 13.6. The number of ketones is 1. The van der Waals surface area contributed by atoms with Gasteiger partial charge in [0.15, 0.2) is 12.4 Å². The summed E-state index contributed by atoms with van der Waals surface area (Å²) >= 11 is 11.7. The molecule has 0 fully saturated rings. The zero-order valence-electron chi connectivity index (χ0n) is 23.0. The molecule has 9 nitrogen and oxygen atoms in total. The third kappa shape index (κ3) is 8.70. The molecule has 0 aromatic carbocycles. The highest BCUT2D eigenvalue weighted by molar-refractivity contribution is 6.37. The van der Waals surface area contributed by atoms with E-state index >= 15 is 0 Å². The summed E-state index contributed by atoms with van der Waals surface area (Å²) in [5.41, 5.74) is 0.0455. The van der Waals surface area contributed by atoms with E-state index in [0.29, 0.717) is 18.6 Å². The predicted octanol–water partition coefficient (Wildman–Crippen LogP) is 4.63. The van der Waals surface area contributed by atoms with Gasteiger partial charge in [0.1, 0.15) is 0 Å². The number of Topliss-reactive ketones (excluding diaryl/α,β-unsaturated/α-hetero) is 1. The summed E-state index contributed by atoms with van der Waals surface area (Å²) < 4.78 is 5.13. The highest BCUT2D eigenvalue weighted by Crippen LogP contribution is 2.30. The van der Waals surface area contributed by atoms with Gasteiger partial charge in [-0.05, 0) is 38.7 Å². The van der Waals surface area contributed by atoms with E-state index in [2.05, 4.69) is 17.1 Å². The third-order valence-corrected chi connectivity index (χ3v) is 6.63. The van der Waals surface area contributed by atoms with Crippen molar-refractivity contribution in [3.63, 3.8) is 0 Å². The highest BCUT2D eigenvalue weighted by Gasteiger charge is 2.48. The van der Waals surface area contributed by atoms with Gasteiger partial charge in [0.2, 0.25) is 11.5 Å². The number of hydrogen-bond donors (Lipinski definition) is 1. The van der Waals surface area contributed by atoms with Gasteiger partial charge < -0.3 is 19.8 Å². The Labute approximate surface area is 235 Å². The number of halogens is 2. The number of nitrogens with one attached hydrogen (secondary N) is 1. The number of esters is 1. The predicted molar refractivity (Wildman–Crippen MR) is 149 cm³/mol. The molecule has 0 bridgehead atoms.